The summed E-state index contributed by atoms with van der Waals surface area (Å²) in [5, 5.41) is 8.51. The van der Waals surface area contributed by atoms with Crippen molar-refractivity contribution in [3.05, 3.63) is 42.1 Å². The van der Waals surface area contributed by atoms with E-state index in [0.717, 1.165) is 18.7 Å². The Morgan fingerprint density at radius 1 is 1.43 bits per heavy atom. The molecule has 0 saturated heterocycles. The molecule has 0 bridgehead atoms. The first-order valence-corrected chi connectivity index (χ1v) is 4.53. The molecule has 0 spiro atoms. The number of benzene rings is 1. The Kier molecular flexibility index (Phi) is 2.23. The minimum absolute atomic E-state index is 0.864. The van der Waals surface area contributed by atoms with Gasteiger partial charge in [0, 0.05) is 24.5 Å². The van der Waals surface area contributed by atoms with E-state index in [9.17, 15) is 4.79 Å². The maximum absolute atomic E-state index is 10.4. The van der Waals surface area contributed by atoms with Crippen molar-refractivity contribution in [2.75, 3.05) is 11.4 Å². The van der Waals surface area contributed by atoms with Crippen LogP contribution in [0.15, 0.2) is 36.5 Å². The van der Waals surface area contributed by atoms with E-state index < -0.39 is 5.97 Å². The smallest absolute Gasteiger partial charge is 0.329 e. The molecule has 0 aliphatic carbocycles. The number of aliphatic carboxylic acids is 1. The highest BCUT2D eigenvalue weighted by Gasteiger charge is 2.15. The largest absolute Gasteiger partial charge is 0.478 e. The highest BCUT2D eigenvalue weighted by molar-refractivity contribution is 5.80. The molecular weight excluding hydrogens is 178 g/mol. The van der Waals surface area contributed by atoms with Crippen LogP contribution in [0.5, 0.6) is 0 Å². The summed E-state index contributed by atoms with van der Waals surface area (Å²) >= 11 is 0. The van der Waals surface area contributed by atoms with E-state index in [2.05, 4.69) is 6.07 Å². The van der Waals surface area contributed by atoms with Crippen LogP contribution in [0.1, 0.15) is 5.56 Å². The van der Waals surface area contributed by atoms with Crippen molar-refractivity contribution in [3.63, 3.8) is 0 Å². The number of carboxylic acids is 1. The number of para-hydroxylation sites is 1. The van der Waals surface area contributed by atoms with Crippen molar-refractivity contribution in [1.29, 1.82) is 0 Å². The van der Waals surface area contributed by atoms with Gasteiger partial charge in [0.05, 0.1) is 0 Å². The summed E-state index contributed by atoms with van der Waals surface area (Å²) in [4.78, 5) is 12.3. The van der Waals surface area contributed by atoms with E-state index in [1.165, 1.54) is 11.6 Å². The molecule has 1 aromatic carbocycles. The van der Waals surface area contributed by atoms with Gasteiger partial charge in [-0.3, -0.25) is 0 Å². The van der Waals surface area contributed by atoms with E-state index in [1.807, 2.05) is 23.1 Å². The van der Waals surface area contributed by atoms with Gasteiger partial charge in [-0.15, -0.1) is 0 Å². The van der Waals surface area contributed by atoms with Gasteiger partial charge >= 0.3 is 5.97 Å². The predicted molar refractivity (Wildman–Crippen MR) is 54.3 cm³/mol. The fourth-order valence-corrected chi connectivity index (χ4v) is 1.67. The molecule has 0 saturated carbocycles. The molecule has 2 rings (SSSR count). The fourth-order valence-electron chi connectivity index (χ4n) is 1.67. The van der Waals surface area contributed by atoms with Crippen LogP contribution < -0.4 is 4.90 Å². The van der Waals surface area contributed by atoms with Gasteiger partial charge in [0.15, 0.2) is 0 Å². The molecule has 0 unspecified atom stereocenters. The Balaban J connectivity index is 2.22. The second-order valence-electron chi connectivity index (χ2n) is 3.23. The molecule has 3 heteroatoms. The molecule has 72 valence electrons. The number of fused-ring (bicyclic) bond motifs is 1. The second kappa shape index (κ2) is 3.54. The molecule has 0 aromatic heterocycles. The topological polar surface area (TPSA) is 40.5 Å². The lowest BCUT2D eigenvalue weighted by Gasteiger charge is -2.12. The minimum Gasteiger partial charge on any atom is -0.478 e. The molecule has 1 aromatic rings. The van der Waals surface area contributed by atoms with Crippen LogP contribution in [-0.4, -0.2) is 17.6 Å². The maximum atomic E-state index is 10.4. The number of nitrogens with zero attached hydrogens (tertiary/aromatic N) is 1. The van der Waals surface area contributed by atoms with Gasteiger partial charge < -0.3 is 10.0 Å². The zero-order chi connectivity index (χ0) is 9.97. The summed E-state index contributed by atoms with van der Waals surface area (Å²) in [6.45, 7) is 0.864. The van der Waals surface area contributed by atoms with Crippen molar-refractivity contribution in [2.24, 2.45) is 0 Å². The SMILES string of the molecule is O=C(O)C=CN1CCc2ccccc21. The van der Waals surface area contributed by atoms with Gasteiger partial charge in [-0.2, -0.15) is 0 Å². The number of hydrogen-bond donors (Lipinski definition) is 1. The first-order valence-electron chi connectivity index (χ1n) is 4.53. The van der Waals surface area contributed by atoms with E-state index in [0.29, 0.717) is 0 Å². The van der Waals surface area contributed by atoms with Gasteiger partial charge in [-0.05, 0) is 18.1 Å². The van der Waals surface area contributed by atoms with Gasteiger partial charge in [0.25, 0.3) is 0 Å². The second-order valence-corrected chi connectivity index (χ2v) is 3.23. The molecule has 0 amide bonds. The summed E-state index contributed by atoms with van der Waals surface area (Å²) < 4.78 is 0. The van der Waals surface area contributed by atoms with Crippen LogP contribution in [-0.2, 0) is 11.2 Å². The molecule has 1 heterocycles. The summed E-state index contributed by atoms with van der Waals surface area (Å²) in [5.41, 5.74) is 2.40. The van der Waals surface area contributed by atoms with Crippen LogP contribution in [0, 0.1) is 0 Å². The Bertz CT molecular complexity index is 385. The van der Waals surface area contributed by atoms with Crippen molar-refractivity contribution in [3.8, 4) is 0 Å². The number of rotatable bonds is 2. The molecule has 14 heavy (non-hydrogen) atoms. The van der Waals surface area contributed by atoms with E-state index in [4.69, 9.17) is 5.11 Å². The zero-order valence-corrected chi connectivity index (χ0v) is 7.68. The molecule has 1 aliphatic heterocycles. The van der Waals surface area contributed by atoms with Crippen LogP contribution in [0.3, 0.4) is 0 Å². The van der Waals surface area contributed by atoms with Crippen molar-refractivity contribution >= 4 is 11.7 Å². The molecule has 0 fully saturated rings. The lowest BCUT2D eigenvalue weighted by molar-refractivity contribution is -0.131. The standard InChI is InChI=1S/C11H11NO2/c13-11(14)6-8-12-7-5-9-3-1-2-4-10(9)12/h1-4,6,8H,5,7H2,(H,13,14). The molecule has 0 atom stereocenters. The third-order valence-electron chi connectivity index (χ3n) is 2.32. The highest BCUT2D eigenvalue weighted by Crippen LogP contribution is 2.27. The highest BCUT2D eigenvalue weighted by atomic mass is 16.4. The summed E-state index contributed by atoms with van der Waals surface area (Å²) in [7, 11) is 0. The van der Waals surface area contributed by atoms with Gasteiger partial charge in [0.2, 0.25) is 0 Å². The average molecular weight is 189 g/mol. The lowest BCUT2D eigenvalue weighted by atomic mass is 10.2. The number of carboxylic acid groups (broad SMARTS) is 1. The maximum Gasteiger partial charge on any atom is 0.329 e. The average Bonchev–Trinajstić information content (AvgIpc) is 2.58. The molecular formula is C11H11NO2. The Morgan fingerprint density at radius 2 is 2.21 bits per heavy atom. The lowest BCUT2D eigenvalue weighted by Crippen LogP contribution is -2.12. The van der Waals surface area contributed by atoms with Gasteiger partial charge in [0.1, 0.15) is 0 Å². The Hall–Kier alpha value is -1.77. The number of carbonyl (C=O) groups is 1. The van der Waals surface area contributed by atoms with Crippen molar-refractivity contribution < 1.29 is 9.90 Å². The first kappa shape index (κ1) is 8.81. The molecule has 3 nitrogen and oxygen atoms in total. The predicted octanol–water partition coefficient (Wildman–Crippen LogP) is 1.65. The fraction of sp³-hybridized carbons (Fsp3) is 0.182. The van der Waals surface area contributed by atoms with Crippen LogP contribution in [0.2, 0.25) is 0 Å². The summed E-state index contributed by atoms with van der Waals surface area (Å²) in [5.74, 6) is -0.908. The third kappa shape index (κ3) is 1.62. The normalized spacial score (nSPS) is 14.7. The molecule has 1 N–H and O–H groups in total. The zero-order valence-electron chi connectivity index (χ0n) is 7.68. The van der Waals surface area contributed by atoms with Gasteiger partial charge in [-0.25, -0.2) is 4.79 Å². The van der Waals surface area contributed by atoms with Gasteiger partial charge in [-0.1, -0.05) is 18.2 Å². The Labute approximate surface area is 82.3 Å². The van der Waals surface area contributed by atoms with E-state index >= 15 is 0 Å². The molecule has 1 aliphatic rings. The van der Waals surface area contributed by atoms with Crippen LogP contribution in [0.4, 0.5) is 5.69 Å². The van der Waals surface area contributed by atoms with Crippen LogP contribution >= 0.6 is 0 Å². The minimum atomic E-state index is -0.908. The quantitative estimate of drug-likeness (QED) is 0.719. The first-order chi connectivity index (χ1) is 6.77. The van der Waals surface area contributed by atoms with Crippen molar-refractivity contribution in [2.45, 2.75) is 6.42 Å². The monoisotopic (exact) mass is 189 g/mol. The Morgan fingerprint density at radius 3 is 3.00 bits per heavy atom. The summed E-state index contributed by atoms with van der Waals surface area (Å²) in [6, 6.07) is 8.05. The van der Waals surface area contributed by atoms with Crippen molar-refractivity contribution in [1.82, 2.24) is 0 Å². The number of hydrogen-bond acceptors (Lipinski definition) is 2. The third-order valence-corrected chi connectivity index (χ3v) is 2.32. The van der Waals surface area contributed by atoms with E-state index in [-0.39, 0.29) is 0 Å². The number of anilines is 1. The van der Waals surface area contributed by atoms with E-state index in [1.54, 1.807) is 6.20 Å². The summed E-state index contributed by atoms with van der Waals surface area (Å²) in [6.07, 6.45) is 3.77. The van der Waals surface area contributed by atoms with Crippen LogP contribution in [0.25, 0.3) is 0 Å². The molecule has 0 radical (unpaired) electrons.